The van der Waals surface area contributed by atoms with Crippen LogP contribution in [0, 0.1) is 0 Å². The molecule has 0 spiro atoms. The van der Waals surface area contributed by atoms with E-state index < -0.39 is 0 Å². The van der Waals surface area contributed by atoms with Crippen LogP contribution in [-0.2, 0) is 0 Å². The first kappa shape index (κ1) is 15.4. The van der Waals surface area contributed by atoms with Crippen molar-refractivity contribution >= 4 is 17.5 Å². The number of benzene rings is 2. The number of ketones is 1. The summed E-state index contributed by atoms with van der Waals surface area (Å²) in [4.78, 5) is 12.3. The summed E-state index contributed by atoms with van der Waals surface area (Å²) in [7, 11) is 1.64. The molecule has 0 radical (unpaired) electrons. The molecule has 0 amide bonds. The third-order valence-corrected chi connectivity index (χ3v) is 3.92. The normalized spacial score (nSPS) is 10.2. The standard InChI is InChI=1S/C17H18O3S/c1-13(18)14-3-9-17(10-4-14)21-12-11-20-16-7-5-15(19-2)6-8-16/h3-10H,11-12H2,1-2H3. The first-order valence-electron chi connectivity index (χ1n) is 6.69. The van der Waals surface area contributed by atoms with Gasteiger partial charge < -0.3 is 9.47 Å². The van der Waals surface area contributed by atoms with Gasteiger partial charge in [0, 0.05) is 16.2 Å². The molecule has 0 saturated heterocycles. The summed E-state index contributed by atoms with van der Waals surface area (Å²) in [5.41, 5.74) is 0.744. The zero-order valence-corrected chi connectivity index (χ0v) is 13.0. The number of carbonyl (C=O) groups is 1. The maximum absolute atomic E-state index is 11.2. The Morgan fingerprint density at radius 3 is 2.19 bits per heavy atom. The summed E-state index contributed by atoms with van der Waals surface area (Å²) in [5.74, 6) is 2.60. The number of hydrogen-bond acceptors (Lipinski definition) is 4. The molecule has 0 aliphatic rings. The second-order valence-corrected chi connectivity index (χ2v) is 5.62. The zero-order valence-electron chi connectivity index (χ0n) is 12.2. The Bertz CT molecular complexity index is 576. The molecule has 0 N–H and O–H groups in total. The van der Waals surface area contributed by atoms with Gasteiger partial charge in [0.15, 0.2) is 5.78 Å². The molecule has 0 aliphatic carbocycles. The van der Waals surface area contributed by atoms with Crippen molar-refractivity contribution in [1.29, 1.82) is 0 Å². The number of rotatable bonds is 7. The van der Waals surface area contributed by atoms with Gasteiger partial charge in [0.25, 0.3) is 0 Å². The number of Topliss-reactive ketones (excluding diaryl/α,β-unsaturated/α-hetero) is 1. The highest BCUT2D eigenvalue weighted by Crippen LogP contribution is 2.20. The van der Waals surface area contributed by atoms with Gasteiger partial charge in [0.1, 0.15) is 11.5 Å². The van der Waals surface area contributed by atoms with Crippen molar-refractivity contribution in [1.82, 2.24) is 0 Å². The molecule has 0 atom stereocenters. The fourth-order valence-electron chi connectivity index (χ4n) is 1.78. The third kappa shape index (κ3) is 4.83. The Morgan fingerprint density at radius 2 is 1.62 bits per heavy atom. The van der Waals surface area contributed by atoms with Crippen LogP contribution in [0.1, 0.15) is 17.3 Å². The van der Waals surface area contributed by atoms with Gasteiger partial charge in [-0.3, -0.25) is 4.79 Å². The van der Waals surface area contributed by atoms with Gasteiger partial charge >= 0.3 is 0 Å². The van der Waals surface area contributed by atoms with Gasteiger partial charge in [0.05, 0.1) is 13.7 Å². The molecule has 0 fully saturated rings. The predicted octanol–water partition coefficient (Wildman–Crippen LogP) is 4.07. The minimum Gasteiger partial charge on any atom is -0.497 e. The number of carbonyl (C=O) groups excluding carboxylic acids is 1. The maximum atomic E-state index is 11.2. The average Bonchev–Trinajstić information content (AvgIpc) is 2.52. The Kier molecular flexibility index (Phi) is 5.69. The fourth-order valence-corrected chi connectivity index (χ4v) is 2.51. The van der Waals surface area contributed by atoms with Crippen molar-refractivity contribution in [3.63, 3.8) is 0 Å². The monoisotopic (exact) mass is 302 g/mol. The summed E-state index contributed by atoms with van der Waals surface area (Å²) in [6.45, 7) is 2.20. The van der Waals surface area contributed by atoms with Crippen LogP contribution >= 0.6 is 11.8 Å². The van der Waals surface area contributed by atoms with Gasteiger partial charge in [-0.2, -0.15) is 0 Å². The Labute approximate surface area is 129 Å². The Morgan fingerprint density at radius 1 is 1.00 bits per heavy atom. The highest BCUT2D eigenvalue weighted by atomic mass is 32.2. The summed E-state index contributed by atoms with van der Waals surface area (Å²) in [6, 6.07) is 15.2. The Hall–Kier alpha value is -1.94. The highest BCUT2D eigenvalue weighted by molar-refractivity contribution is 7.99. The molecule has 4 heteroatoms. The van der Waals surface area contributed by atoms with E-state index in [4.69, 9.17) is 9.47 Å². The molecule has 21 heavy (non-hydrogen) atoms. The van der Waals surface area contributed by atoms with Crippen LogP contribution in [0.15, 0.2) is 53.4 Å². The number of hydrogen-bond donors (Lipinski definition) is 0. The summed E-state index contributed by atoms with van der Waals surface area (Å²) in [6.07, 6.45) is 0. The number of ether oxygens (including phenoxy) is 2. The quantitative estimate of drug-likeness (QED) is 0.439. The van der Waals surface area contributed by atoms with Crippen LogP contribution < -0.4 is 9.47 Å². The highest BCUT2D eigenvalue weighted by Gasteiger charge is 2.00. The second-order valence-electron chi connectivity index (χ2n) is 4.45. The molecule has 2 rings (SSSR count). The van der Waals surface area contributed by atoms with Crippen LogP contribution in [0.5, 0.6) is 11.5 Å². The molecule has 0 heterocycles. The van der Waals surface area contributed by atoms with Gasteiger partial charge in [0.2, 0.25) is 0 Å². The minimum absolute atomic E-state index is 0.0920. The molecule has 0 unspecified atom stereocenters. The lowest BCUT2D eigenvalue weighted by atomic mass is 10.2. The zero-order chi connectivity index (χ0) is 15.1. The van der Waals surface area contributed by atoms with Crippen LogP contribution in [0.25, 0.3) is 0 Å². The van der Waals surface area contributed by atoms with Crippen LogP contribution in [-0.4, -0.2) is 25.3 Å². The lowest BCUT2D eigenvalue weighted by Gasteiger charge is -2.07. The van der Waals surface area contributed by atoms with Crippen LogP contribution in [0.4, 0.5) is 0 Å². The molecule has 0 bridgehead atoms. The molecule has 2 aromatic carbocycles. The van der Waals surface area contributed by atoms with Crippen LogP contribution in [0.2, 0.25) is 0 Å². The van der Waals surface area contributed by atoms with E-state index in [1.54, 1.807) is 25.8 Å². The molecule has 2 aromatic rings. The van der Waals surface area contributed by atoms with E-state index in [0.717, 1.165) is 27.7 Å². The van der Waals surface area contributed by atoms with E-state index in [-0.39, 0.29) is 5.78 Å². The van der Waals surface area contributed by atoms with E-state index in [1.165, 1.54) is 0 Å². The Balaban J connectivity index is 1.74. The van der Waals surface area contributed by atoms with Crippen molar-refractivity contribution in [3.8, 4) is 11.5 Å². The fraction of sp³-hybridized carbons (Fsp3) is 0.235. The van der Waals surface area contributed by atoms with Crippen molar-refractivity contribution in [3.05, 3.63) is 54.1 Å². The smallest absolute Gasteiger partial charge is 0.159 e. The van der Waals surface area contributed by atoms with Crippen molar-refractivity contribution in [2.45, 2.75) is 11.8 Å². The molecular weight excluding hydrogens is 284 g/mol. The molecule has 0 saturated carbocycles. The molecule has 0 aromatic heterocycles. The predicted molar refractivity (Wildman–Crippen MR) is 85.7 cm³/mol. The van der Waals surface area contributed by atoms with E-state index in [9.17, 15) is 4.79 Å². The van der Waals surface area contributed by atoms with Crippen molar-refractivity contribution < 1.29 is 14.3 Å². The molecule has 0 aliphatic heterocycles. The SMILES string of the molecule is COc1ccc(OCCSc2ccc(C(C)=O)cc2)cc1. The molecular formula is C17H18O3S. The minimum atomic E-state index is 0.0920. The average molecular weight is 302 g/mol. The van der Waals surface area contributed by atoms with Gasteiger partial charge in [-0.25, -0.2) is 0 Å². The van der Waals surface area contributed by atoms with Crippen LogP contribution in [0.3, 0.4) is 0 Å². The van der Waals surface area contributed by atoms with Crippen molar-refractivity contribution in [2.75, 3.05) is 19.5 Å². The topological polar surface area (TPSA) is 35.5 Å². The lowest BCUT2D eigenvalue weighted by molar-refractivity contribution is 0.101. The van der Waals surface area contributed by atoms with Crippen molar-refractivity contribution in [2.24, 2.45) is 0 Å². The number of methoxy groups -OCH3 is 1. The van der Waals surface area contributed by atoms with E-state index in [1.807, 2.05) is 48.5 Å². The molecule has 3 nitrogen and oxygen atoms in total. The first-order valence-corrected chi connectivity index (χ1v) is 7.68. The van der Waals surface area contributed by atoms with E-state index >= 15 is 0 Å². The maximum Gasteiger partial charge on any atom is 0.159 e. The van der Waals surface area contributed by atoms with Gasteiger partial charge in [-0.05, 0) is 43.3 Å². The molecule has 110 valence electrons. The first-order chi connectivity index (χ1) is 10.2. The van der Waals surface area contributed by atoms with Gasteiger partial charge in [-0.1, -0.05) is 12.1 Å². The van der Waals surface area contributed by atoms with E-state index in [2.05, 4.69) is 0 Å². The van der Waals surface area contributed by atoms with E-state index in [0.29, 0.717) is 6.61 Å². The second kappa shape index (κ2) is 7.74. The summed E-state index contributed by atoms with van der Waals surface area (Å²) >= 11 is 1.71. The lowest BCUT2D eigenvalue weighted by Crippen LogP contribution is -2.00. The largest absolute Gasteiger partial charge is 0.497 e. The summed E-state index contributed by atoms with van der Waals surface area (Å²) in [5, 5.41) is 0. The number of thioether (sulfide) groups is 1. The third-order valence-electron chi connectivity index (χ3n) is 2.94. The summed E-state index contributed by atoms with van der Waals surface area (Å²) < 4.78 is 10.8. The van der Waals surface area contributed by atoms with Gasteiger partial charge in [-0.15, -0.1) is 11.8 Å².